The maximum atomic E-state index is 5.79. The van der Waals surface area contributed by atoms with Crippen LogP contribution in [0, 0.1) is 11.8 Å². The minimum absolute atomic E-state index is 0.384. The molecular weight excluding hydrogens is 242 g/mol. The van der Waals surface area contributed by atoms with E-state index in [4.69, 9.17) is 10.3 Å². The van der Waals surface area contributed by atoms with Crippen molar-refractivity contribution in [1.82, 2.24) is 19.7 Å². The van der Waals surface area contributed by atoms with Gasteiger partial charge in [0, 0.05) is 25.9 Å². The number of nitrogens with two attached hydrogens (primary N) is 1. The standard InChI is InChI=1S/C13H21N5O/c1-9(2)6-10(8-14)7-11-16-12(17-19-11)13-15-4-5-18(13)3/h4-5,9-10H,6-8,14H2,1-3H3. The van der Waals surface area contributed by atoms with Crippen molar-refractivity contribution in [3.05, 3.63) is 18.3 Å². The van der Waals surface area contributed by atoms with E-state index in [9.17, 15) is 0 Å². The average molecular weight is 263 g/mol. The van der Waals surface area contributed by atoms with E-state index in [0.29, 0.717) is 35.9 Å². The molecule has 0 radical (unpaired) electrons. The number of aryl methyl sites for hydroxylation is 1. The second kappa shape index (κ2) is 5.97. The SMILES string of the molecule is CC(C)CC(CN)Cc1nc(-c2nccn2C)no1. The van der Waals surface area contributed by atoms with Gasteiger partial charge in [0.25, 0.3) is 0 Å². The molecule has 0 aliphatic rings. The van der Waals surface area contributed by atoms with E-state index in [0.717, 1.165) is 12.8 Å². The van der Waals surface area contributed by atoms with Gasteiger partial charge in [-0.3, -0.25) is 0 Å². The zero-order valence-corrected chi connectivity index (χ0v) is 11.7. The number of hydrogen-bond donors (Lipinski definition) is 1. The predicted molar refractivity (Wildman–Crippen MR) is 72.2 cm³/mol. The highest BCUT2D eigenvalue weighted by molar-refractivity contribution is 5.42. The Labute approximate surface area is 113 Å². The maximum Gasteiger partial charge on any atom is 0.238 e. The van der Waals surface area contributed by atoms with Crippen LogP contribution in [-0.2, 0) is 13.5 Å². The van der Waals surface area contributed by atoms with Crippen LogP contribution in [0.4, 0.5) is 0 Å². The first-order chi connectivity index (χ1) is 9.10. The molecule has 0 amide bonds. The number of nitrogens with zero attached hydrogens (tertiary/aromatic N) is 4. The molecule has 0 aliphatic heterocycles. The van der Waals surface area contributed by atoms with Crippen LogP contribution in [0.2, 0.25) is 0 Å². The highest BCUT2D eigenvalue weighted by Crippen LogP contribution is 2.18. The molecule has 1 atom stereocenters. The Morgan fingerprint density at radius 1 is 1.42 bits per heavy atom. The van der Waals surface area contributed by atoms with Gasteiger partial charge in [-0.2, -0.15) is 4.98 Å². The van der Waals surface area contributed by atoms with Gasteiger partial charge in [0.1, 0.15) is 0 Å². The Morgan fingerprint density at radius 3 is 2.79 bits per heavy atom. The molecule has 6 nitrogen and oxygen atoms in total. The summed E-state index contributed by atoms with van der Waals surface area (Å²) in [5, 5.41) is 3.98. The van der Waals surface area contributed by atoms with Gasteiger partial charge < -0.3 is 14.8 Å². The zero-order valence-electron chi connectivity index (χ0n) is 11.7. The summed E-state index contributed by atoms with van der Waals surface area (Å²) < 4.78 is 7.15. The van der Waals surface area contributed by atoms with E-state index in [1.165, 1.54) is 0 Å². The molecule has 1 unspecified atom stereocenters. The molecule has 0 fully saturated rings. The van der Waals surface area contributed by atoms with Crippen LogP contribution in [0.15, 0.2) is 16.9 Å². The fraction of sp³-hybridized carbons (Fsp3) is 0.615. The first kappa shape index (κ1) is 13.7. The molecule has 2 N–H and O–H groups in total. The fourth-order valence-corrected chi connectivity index (χ4v) is 2.19. The van der Waals surface area contributed by atoms with Crippen LogP contribution >= 0.6 is 0 Å². The quantitative estimate of drug-likeness (QED) is 0.856. The second-order valence-electron chi connectivity index (χ2n) is 5.31. The van der Waals surface area contributed by atoms with Crippen LogP contribution in [0.3, 0.4) is 0 Å². The van der Waals surface area contributed by atoms with Gasteiger partial charge in [-0.1, -0.05) is 19.0 Å². The Bertz CT molecular complexity index is 517. The van der Waals surface area contributed by atoms with Crippen molar-refractivity contribution in [3.8, 4) is 11.6 Å². The van der Waals surface area contributed by atoms with E-state index < -0.39 is 0 Å². The third-order valence-corrected chi connectivity index (χ3v) is 3.09. The van der Waals surface area contributed by atoms with E-state index in [2.05, 4.69) is 29.0 Å². The summed E-state index contributed by atoms with van der Waals surface area (Å²) in [7, 11) is 1.90. The topological polar surface area (TPSA) is 82.8 Å². The van der Waals surface area contributed by atoms with Crippen molar-refractivity contribution in [2.24, 2.45) is 24.6 Å². The molecule has 6 heteroatoms. The fourth-order valence-electron chi connectivity index (χ4n) is 2.19. The van der Waals surface area contributed by atoms with Gasteiger partial charge in [-0.05, 0) is 24.8 Å². The molecule has 0 bridgehead atoms. The van der Waals surface area contributed by atoms with Crippen LogP contribution < -0.4 is 5.73 Å². The molecule has 0 saturated carbocycles. The highest BCUT2D eigenvalue weighted by Gasteiger charge is 2.17. The molecule has 2 aromatic heterocycles. The minimum Gasteiger partial charge on any atom is -0.339 e. The summed E-state index contributed by atoms with van der Waals surface area (Å²) >= 11 is 0. The van der Waals surface area contributed by atoms with Crippen molar-refractivity contribution in [3.63, 3.8) is 0 Å². The van der Waals surface area contributed by atoms with E-state index >= 15 is 0 Å². The summed E-state index contributed by atoms with van der Waals surface area (Å²) in [5.41, 5.74) is 5.79. The Hall–Kier alpha value is -1.69. The highest BCUT2D eigenvalue weighted by atomic mass is 16.5. The number of imidazole rings is 1. The van der Waals surface area contributed by atoms with Gasteiger partial charge in [0.2, 0.25) is 11.7 Å². The predicted octanol–water partition coefficient (Wildman–Crippen LogP) is 1.63. The molecule has 2 aromatic rings. The third kappa shape index (κ3) is 3.41. The van der Waals surface area contributed by atoms with Crippen LogP contribution in [0.25, 0.3) is 11.6 Å². The van der Waals surface area contributed by atoms with Gasteiger partial charge in [-0.15, -0.1) is 0 Å². The van der Waals surface area contributed by atoms with Crippen molar-refractivity contribution in [1.29, 1.82) is 0 Å². The first-order valence-corrected chi connectivity index (χ1v) is 6.60. The van der Waals surface area contributed by atoms with Crippen molar-refractivity contribution >= 4 is 0 Å². The first-order valence-electron chi connectivity index (χ1n) is 6.60. The molecule has 2 heterocycles. The van der Waals surface area contributed by atoms with E-state index in [1.54, 1.807) is 6.20 Å². The molecule has 104 valence electrons. The number of hydrogen-bond acceptors (Lipinski definition) is 5. The van der Waals surface area contributed by atoms with E-state index in [1.807, 2.05) is 17.8 Å². The maximum absolute atomic E-state index is 5.79. The van der Waals surface area contributed by atoms with Crippen LogP contribution in [-0.4, -0.2) is 26.2 Å². The summed E-state index contributed by atoms with van der Waals surface area (Å²) in [6.45, 7) is 5.02. The van der Waals surface area contributed by atoms with Crippen LogP contribution in [0.5, 0.6) is 0 Å². The lowest BCUT2D eigenvalue weighted by molar-refractivity contribution is 0.331. The number of rotatable bonds is 6. The lowest BCUT2D eigenvalue weighted by Gasteiger charge is -2.14. The molecular formula is C13H21N5O. The van der Waals surface area contributed by atoms with Crippen molar-refractivity contribution < 1.29 is 4.52 Å². The summed E-state index contributed by atoms with van der Waals surface area (Å²) in [6, 6.07) is 0. The Kier molecular flexibility index (Phi) is 4.31. The summed E-state index contributed by atoms with van der Waals surface area (Å²) in [5.74, 6) is 2.88. The summed E-state index contributed by atoms with van der Waals surface area (Å²) in [4.78, 5) is 8.59. The van der Waals surface area contributed by atoms with Crippen molar-refractivity contribution in [2.75, 3.05) is 6.54 Å². The van der Waals surface area contributed by atoms with Crippen molar-refractivity contribution in [2.45, 2.75) is 26.7 Å². The van der Waals surface area contributed by atoms with Gasteiger partial charge >= 0.3 is 0 Å². The molecule has 0 spiro atoms. The molecule has 2 rings (SSSR count). The molecule has 0 saturated heterocycles. The average Bonchev–Trinajstić information content (AvgIpc) is 2.96. The monoisotopic (exact) mass is 263 g/mol. The molecule has 19 heavy (non-hydrogen) atoms. The second-order valence-corrected chi connectivity index (χ2v) is 5.31. The van der Waals surface area contributed by atoms with Gasteiger partial charge in [0.15, 0.2) is 5.82 Å². The summed E-state index contributed by atoms with van der Waals surface area (Å²) in [6.07, 6.45) is 5.36. The minimum atomic E-state index is 0.384. The lowest BCUT2D eigenvalue weighted by atomic mass is 9.94. The van der Waals surface area contributed by atoms with Crippen LogP contribution in [0.1, 0.15) is 26.2 Å². The van der Waals surface area contributed by atoms with Gasteiger partial charge in [0.05, 0.1) is 0 Å². The number of aromatic nitrogens is 4. The largest absolute Gasteiger partial charge is 0.339 e. The Balaban J connectivity index is 2.07. The zero-order chi connectivity index (χ0) is 13.8. The third-order valence-electron chi connectivity index (χ3n) is 3.09. The Morgan fingerprint density at radius 2 is 2.21 bits per heavy atom. The molecule has 0 aromatic carbocycles. The molecule has 0 aliphatic carbocycles. The van der Waals surface area contributed by atoms with E-state index in [-0.39, 0.29) is 0 Å². The van der Waals surface area contributed by atoms with Gasteiger partial charge in [-0.25, -0.2) is 4.98 Å². The smallest absolute Gasteiger partial charge is 0.238 e. The normalized spacial score (nSPS) is 13.1. The lowest BCUT2D eigenvalue weighted by Crippen LogP contribution is -2.19.